The molecule has 20 heavy (non-hydrogen) atoms. The summed E-state index contributed by atoms with van der Waals surface area (Å²) in [6.45, 7) is 0.469. The number of amides is 1. The molecule has 2 aliphatic rings. The van der Waals surface area contributed by atoms with E-state index >= 15 is 0 Å². The summed E-state index contributed by atoms with van der Waals surface area (Å²) >= 11 is 5.89. The third-order valence-electron chi connectivity index (χ3n) is 4.22. The average molecular weight is 295 g/mol. The molecule has 0 atom stereocenters. The van der Waals surface area contributed by atoms with E-state index in [-0.39, 0.29) is 22.7 Å². The molecule has 3 rings (SSSR count). The smallest absolute Gasteiger partial charge is 0.288 e. The zero-order valence-electron chi connectivity index (χ0n) is 11.0. The number of carbonyl (C=O) groups excluding carboxylic acids is 1. The summed E-state index contributed by atoms with van der Waals surface area (Å²) in [6.07, 6.45) is 5.56. The Balaban J connectivity index is 1.91. The van der Waals surface area contributed by atoms with Crippen LogP contribution in [0.2, 0.25) is 5.02 Å². The first kappa shape index (κ1) is 13.4. The molecule has 0 spiro atoms. The monoisotopic (exact) mass is 294 g/mol. The largest absolute Gasteiger partial charge is 0.331 e. The van der Waals surface area contributed by atoms with E-state index in [4.69, 9.17) is 11.6 Å². The minimum absolute atomic E-state index is 0.0348. The maximum atomic E-state index is 12.4. The van der Waals surface area contributed by atoms with E-state index in [1.54, 1.807) is 0 Å². The molecule has 0 radical (unpaired) electrons. The quantitative estimate of drug-likeness (QED) is 0.619. The predicted molar refractivity (Wildman–Crippen MR) is 74.9 cm³/mol. The van der Waals surface area contributed by atoms with Gasteiger partial charge in [0.05, 0.1) is 4.92 Å². The van der Waals surface area contributed by atoms with Crippen molar-refractivity contribution in [2.45, 2.75) is 44.7 Å². The SMILES string of the molecule is O=C1c2cc(Cl)c([N+](=O)[O-])cc2CN1C1CCCCC1. The lowest BCUT2D eigenvalue weighted by Crippen LogP contribution is -2.36. The van der Waals surface area contributed by atoms with Crippen LogP contribution in [-0.4, -0.2) is 21.8 Å². The molecule has 1 fully saturated rings. The van der Waals surface area contributed by atoms with Crippen LogP contribution in [0.25, 0.3) is 0 Å². The Morgan fingerprint density at radius 2 is 1.95 bits per heavy atom. The summed E-state index contributed by atoms with van der Waals surface area (Å²) in [5, 5.41) is 10.9. The Kier molecular flexibility index (Phi) is 3.38. The molecule has 0 unspecified atom stereocenters. The number of hydrogen-bond acceptors (Lipinski definition) is 3. The number of fused-ring (bicyclic) bond motifs is 1. The number of benzene rings is 1. The van der Waals surface area contributed by atoms with Crippen molar-refractivity contribution < 1.29 is 9.72 Å². The molecule has 1 aromatic rings. The van der Waals surface area contributed by atoms with Crippen LogP contribution in [0, 0.1) is 10.1 Å². The van der Waals surface area contributed by atoms with Crippen LogP contribution < -0.4 is 0 Å². The van der Waals surface area contributed by atoms with Crippen LogP contribution in [0.4, 0.5) is 5.69 Å². The number of nitrogens with zero attached hydrogens (tertiary/aromatic N) is 2. The van der Waals surface area contributed by atoms with Crippen molar-refractivity contribution in [3.63, 3.8) is 0 Å². The highest BCUT2D eigenvalue weighted by molar-refractivity contribution is 6.33. The molecule has 1 amide bonds. The standard InChI is InChI=1S/C14H15ClN2O3/c15-12-7-11-9(6-13(12)17(19)20)8-16(14(11)18)10-4-2-1-3-5-10/h6-7,10H,1-5,8H2. The molecule has 1 saturated carbocycles. The second-order valence-electron chi connectivity index (χ2n) is 5.44. The highest BCUT2D eigenvalue weighted by atomic mass is 35.5. The van der Waals surface area contributed by atoms with Crippen LogP contribution in [0.3, 0.4) is 0 Å². The van der Waals surface area contributed by atoms with Gasteiger partial charge in [-0.3, -0.25) is 14.9 Å². The number of nitro benzene ring substituents is 1. The van der Waals surface area contributed by atoms with Crippen molar-refractivity contribution in [2.24, 2.45) is 0 Å². The molecular formula is C14H15ClN2O3. The van der Waals surface area contributed by atoms with Gasteiger partial charge in [0.1, 0.15) is 5.02 Å². The molecule has 6 heteroatoms. The number of hydrogen-bond donors (Lipinski definition) is 0. The van der Waals surface area contributed by atoms with Crippen molar-refractivity contribution in [1.29, 1.82) is 0 Å². The van der Waals surface area contributed by atoms with Gasteiger partial charge in [-0.05, 0) is 24.5 Å². The molecule has 1 aromatic carbocycles. The van der Waals surface area contributed by atoms with Crippen LogP contribution in [0.1, 0.15) is 48.0 Å². The van der Waals surface area contributed by atoms with Gasteiger partial charge in [-0.15, -0.1) is 0 Å². The van der Waals surface area contributed by atoms with Crippen LogP contribution in [-0.2, 0) is 6.54 Å². The molecule has 1 aliphatic heterocycles. The number of rotatable bonds is 2. The van der Waals surface area contributed by atoms with Crippen LogP contribution >= 0.6 is 11.6 Å². The van der Waals surface area contributed by atoms with E-state index in [0.717, 1.165) is 31.2 Å². The molecule has 106 valence electrons. The second-order valence-corrected chi connectivity index (χ2v) is 5.85. The molecular weight excluding hydrogens is 280 g/mol. The van der Waals surface area contributed by atoms with Crippen molar-refractivity contribution in [1.82, 2.24) is 4.90 Å². The minimum atomic E-state index is -0.504. The maximum absolute atomic E-state index is 12.4. The van der Waals surface area contributed by atoms with Crippen molar-refractivity contribution in [3.05, 3.63) is 38.4 Å². The van der Waals surface area contributed by atoms with E-state index in [2.05, 4.69) is 0 Å². The van der Waals surface area contributed by atoms with Gasteiger partial charge in [0, 0.05) is 24.2 Å². The zero-order chi connectivity index (χ0) is 14.3. The molecule has 0 aromatic heterocycles. The highest BCUT2D eigenvalue weighted by Crippen LogP contribution is 2.35. The fourth-order valence-electron chi connectivity index (χ4n) is 3.17. The molecule has 1 heterocycles. The molecule has 5 nitrogen and oxygen atoms in total. The zero-order valence-corrected chi connectivity index (χ0v) is 11.7. The van der Waals surface area contributed by atoms with Crippen LogP contribution in [0.15, 0.2) is 12.1 Å². The topological polar surface area (TPSA) is 63.4 Å². The van der Waals surface area contributed by atoms with Gasteiger partial charge in [0.2, 0.25) is 0 Å². The Morgan fingerprint density at radius 3 is 2.60 bits per heavy atom. The van der Waals surface area contributed by atoms with Crippen molar-refractivity contribution in [2.75, 3.05) is 0 Å². The molecule has 0 saturated heterocycles. The first-order valence-corrected chi connectivity index (χ1v) is 7.23. The lowest BCUT2D eigenvalue weighted by molar-refractivity contribution is -0.384. The number of carbonyl (C=O) groups is 1. The van der Waals surface area contributed by atoms with Gasteiger partial charge < -0.3 is 4.90 Å². The third-order valence-corrected chi connectivity index (χ3v) is 4.52. The van der Waals surface area contributed by atoms with Gasteiger partial charge in [0.25, 0.3) is 11.6 Å². The van der Waals surface area contributed by atoms with Crippen molar-refractivity contribution >= 4 is 23.2 Å². The summed E-state index contributed by atoms with van der Waals surface area (Å²) in [5.74, 6) is -0.0382. The summed E-state index contributed by atoms with van der Waals surface area (Å²) in [6, 6.07) is 3.15. The molecule has 0 bridgehead atoms. The van der Waals surface area contributed by atoms with Gasteiger partial charge in [-0.25, -0.2) is 0 Å². The molecule has 1 aliphatic carbocycles. The van der Waals surface area contributed by atoms with E-state index in [1.807, 2.05) is 4.90 Å². The van der Waals surface area contributed by atoms with Crippen LogP contribution in [0.5, 0.6) is 0 Å². The van der Waals surface area contributed by atoms with Gasteiger partial charge in [-0.2, -0.15) is 0 Å². The van der Waals surface area contributed by atoms with Crippen molar-refractivity contribution in [3.8, 4) is 0 Å². The Hall–Kier alpha value is -1.62. The predicted octanol–water partition coefficient (Wildman–Crippen LogP) is 3.54. The lowest BCUT2D eigenvalue weighted by Gasteiger charge is -2.30. The van der Waals surface area contributed by atoms with Gasteiger partial charge in [0.15, 0.2) is 0 Å². The second kappa shape index (κ2) is 5.05. The summed E-state index contributed by atoms with van der Waals surface area (Å²) in [4.78, 5) is 24.7. The van der Waals surface area contributed by atoms with Gasteiger partial charge >= 0.3 is 0 Å². The van der Waals surface area contributed by atoms with E-state index in [0.29, 0.717) is 12.1 Å². The normalized spacial score (nSPS) is 19.2. The van der Waals surface area contributed by atoms with E-state index < -0.39 is 4.92 Å². The highest BCUT2D eigenvalue weighted by Gasteiger charge is 2.35. The van der Waals surface area contributed by atoms with Gasteiger partial charge in [-0.1, -0.05) is 30.9 Å². The molecule has 0 N–H and O–H groups in total. The van der Waals surface area contributed by atoms with E-state index in [9.17, 15) is 14.9 Å². The first-order valence-electron chi connectivity index (χ1n) is 6.85. The summed E-state index contributed by atoms with van der Waals surface area (Å²) in [5.41, 5.74) is 1.12. The van der Waals surface area contributed by atoms with E-state index in [1.165, 1.54) is 18.6 Å². The number of halogens is 1. The Labute approximate surface area is 121 Å². The fourth-order valence-corrected chi connectivity index (χ4v) is 3.41. The summed E-state index contributed by atoms with van der Waals surface area (Å²) in [7, 11) is 0. The summed E-state index contributed by atoms with van der Waals surface area (Å²) < 4.78 is 0. The lowest BCUT2D eigenvalue weighted by atomic mass is 9.94. The fraction of sp³-hybridized carbons (Fsp3) is 0.500. The Bertz CT molecular complexity index is 582. The minimum Gasteiger partial charge on any atom is -0.331 e. The average Bonchev–Trinajstić information content (AvgIpc) is 2.76. The Morgan fingerprint density at radius 1 is 1.25 bits per heavy atom. The third kappa shape index (κ3) is 2.16. The number of nitro groups is 1. The first-order chi connectivity index (χ1) is 9.58. The maximum Gasteiger partial charge on any atom is 0.288 e.